The van der Waals surface area contributed by atoms with Crippen LogP contribution in [0.3, 0.4) is 0 Å². The maximum absolute atomic E-state index is 6.80. The van der Waals surface area contributed by atoms with Gasteiger partial charge in [0.2, 0.25) is 5.75 Å². The first kappa shape index (κ1) is 62.9. The fourth-order valence-electron chi connectivity index (χ4n) is 9.54. The first-order chi connectivity index (χ1) is 34.4. The van der Waals surface area contributed by atoms with Gasteiger partial charge < -0.3 is 23.7 Å². The Kier molecular flexibility index (Phi) is 31.3. The molecule has 0 fully saturated rings. The fraction of sp³-hybridized carbons (Fsp3) is 0.769. The lowest BCUT2D eigenvalue weighted by molar-refractivity contribution is 0.216. The molecule has 0 saturated carbocycles. The summed E-state index contributed by atoms with van der Waals surface area (Å²) in [6.45, 7) is 38.2. The summed E-state index contributed by atoms with van der Waals surface area (Å²) in [5, 5.41) is 8.34. The van der Waals surface area contributed by atoms with E-state index in [1.165, 1.54) is 96.3 Å². The van der Waals surface area contributed by atoms with Gasteiger partial charge in [-0.2, -0.15) is 5.10 Å². The Bertz CT molecular complexity index is 1780. The Balaban J connectivity index is 1.97. The molecule has 7 nitrogen and oxygen atoms in total. The van der Waals surface area contributed by atoms with Crippen molar-refractivity contribution in [2.24, 2.45) is 59.2 Å². The highest BCUT2D eigenvalue weighted by atomic mass is 16.5. The Morgan fingerprint density at radius 1 is 0.333 bits per heavy atom. The number of benzene rings is 2. The van der Waals surface area contributed by atoms with E-state index in [0.29, 0.717) is 62.6 Å². The van der Waals surface area contributed by atoms with E-state index in [4.69, 9.17) is 28.8 Å². The molecule has 3 rings (SSSR count). The highest BCUT2D eigenvalue weighted by Crippen LogP contribution is 2.43. The molecule has 0 aliphatic heterocycles. The van der Waals surface area contributed by atoms with Gasteiger partial charge in [0.15, 0.2) is 23.0 Å². The molecule has 412 valence electrons. The molecule has 0 aliphatic rings. The van der Waals surface area contributed by atoms with Crippen LogP contribution in [0.5, 0.6) is 28.7 Å². The Morgan fingerprint density at radius 3 is 1.01 bits per heavy atom. The summed E-state index contributed by atoms with van der Waals surface area (Å²) in [4.78, 5) is 0. The van der Waals surface area contributed by atoms with Crippen molar-refractivity contribution in [3.8, 4) is 51.3 Å². The molecule has 5 atom stereocenters. The predicted octanol–water partition coefficient (Wildman–Crippen LogP) is 19.9. The zero-order valence-electron chi connectivity index (χ0n) is 49.4. The summed E-state index contributed by atoms with van der Waals surface area (Å²) >= 11 is 0. The van der Waals surface area contributed by atoms with Crippen molar-refractivity contribution in [1.82, 2.24) is 10.2 Å². The van der Waals surface area contributed by atoms with Crippen LogP contribution in [-0.2, 0) is 0 Å². The number of H-pyrrole nitrogens is 1. The minimum absolute atomic E-state index is 0.580. The molecule has 0 amide bonds. The standard InChI is InChI=1S/C65H112N2O5/c1-47(2)21-16-26-52(11)33-38-68-61-32-31-57(43-62(61)69-39-34-53(12)27-17-22-48(3)4)59-46-60(67-66-59)58-44-63(70-40-35-54(13)28-18-23-49(5)6)65(72-42-37-56(15)30-20-25-51(9)10)64(45-58)71-41-36-55(14)29-19-24-50(7)8/h31-32,43-56H,16-30,33-42H2,1-15H3,(H,66,67)/t52-,53-,54-,55-,56-/m0/s1. The second-order valence-electron chi connectivity index (χ2n) is 25.0. The van der Waals surface area contributed by atoms with Crippen LogP contribution in [0, 0.1) is 59.2 Å². The Hall–Kier alpha value is -3.35. The van der Waals surface area contributed by atoms with Crippen molar-refractivity contribution in [2.45, 2.75) is 232 Å². The zero-order chi connectivity index (χ0) is 52.8. The monoisotopic (exact) mass is 1000 g/mol. The average Bonchev–Trinajstić information content (AvgIpc) is 3.80. The Labute approximate surface area is 444 Å². The smallest absolute Gasteiger partial charge is 0.203 e. The number of aromatic nitrogens is 2. The summed E-state index contributed by atoms with van der Waals surface area (Å²) in [6, 6.07) is 12.8. The van der Waals surface area contributed by atoms with Gasteiger partial charge in [0, 0.05) is 11.1 Å². The molecule has 3 aromatic rings. The topological polar surface area (TPSA) is 74.8 Å². The predicted molar refractivity (Wildman–Crippen MR) is 309 cm³/mol. The number of rotatable bonds is 42. The number of ether oxygens (including phenoxy) is 5. The normalized spacial score (nSPS) is 14.1. The lowest BCUT2D eigenvalue weighted by atomic mass is 9.97. The number of hydrogen-bond acceptors (Lipinski definition) is 6. The third-order valence-corrected chi connectivity index (χ3v) is 14.9. The molecular weight excluding hydrogens is 889 g/mol. The minimum atomic E-state index is 0.580. The third kappa shape index (κ3) is 27.3. The summed E-state index contributed by atoms with van der Waals surface area (Å²) in [5.41, 5.74) is 3.71. The van der Waals surface area contributed by atoms with Crippen LogP contribution in [-0.4, -0.2) is 43.2 Å². The van der Waals surface area contributed by atoms with E-state index < -0.39 is 0 Å². The molecule has 1 N–H and O–H groups in total. The molecule has 2 aromatic carbocycles. The summed E-state index contributed by atoms with van der Waals surface area (Å²) in [5.74, 6) is 10.5. The minimum Gasteiger partial charge on any atom is -0.490 e. The van der Waals surface area contributed by atoms with Gasteiger partial charge in [-0.05, 0) is 128 Å². The number of nitrogens with one attached hydrogen (secondary N) is 1. The van der Waals surface area contributed by atoms with E-state index in [1.54, 1.807) is 0 Å². The van der Waals surface area contributed by atoms with E-state index in [2.05, 4.69) is 145 Å². The van der Waals surface area contributed by atoms with E-state index in [0.717, 1.165) is 113 Å². The molecule has 0 spiro atoms. The van der Waals surface area contributed by atoms with Crippen LogP contribution in [0.4, 0.5) is 0 Å². The van der Waals surface area contributed by atoms with Gasteiger partial charge >= 0.3 is 0 Å². The van der Waals surface area contributed by atoms with Gasteiger partial charge in [0.05, 0.1) is 44.4 Å². The molecule has 0 saturated heterocycles. The van der Waals surface area contributed by atoms with E-state index in [-0.39, 0.29) is 0 Å². The first-order valence-electron chi connectivity index (χ1n) is 29.9. The van der Waals surface area contributed by atoms with E-state index in [9.17, 15) is 0 Å². The van der Waals surface area contributed by atoms with Crippen molar-refractivity contribution in [2.75, 3.05) is 33.0 Å². The van der Waals surface area contributed by atoms with Crippen molar-refractivity contribution < 1.29 is 23.7 Å². The third-order valence-electron chi connectivity index (χ3n) is 14.9. The van der Waals surface area contributed by atoms with Crippen molar-refractivity contribution in [3.05, 3.63) is 36.4 Å². The molecule has 1 heterocycles. The first-order valence-corrected chi connectivity index (χ1v) is 29.9. The van der Waals surface area contributed by atoms with Crippen molar-refractivity contribution in [3.63, 3.8) is 0 Å². The molecular formula is C65H112N2O5. The highest BCUT2D eigenvalue weighted by molar-refractivity contribution is 5.73. The number of aromatic amines is 1. The zero-order valence-corrected chi connectivity index (χ0v) is 49.4. The van der Waals surface area contributed by atoms with E-state index in [1.807, 2.05) is 0 Å². The van der Waals surface area contributed by atoms with Gasteiger partial charge in [-0.25, -0.2) is 0 Å². The summed E-state index contributed by atoms with van der Waals surface area (Å²) in [7, 11) is 0. The quantitative estimate of drug-likeness (QED) is 0.0609. The molecule has 0 radical (unpaired) electrons. The number of nitrogens with zero attached hydrogens (tertiary/aromatic N) is 1. The maximum atomic E-state index is 6.80. The summed E-state index contributed by atoms with van der Waals surface area (Å²) < 4.78 is 33.5. The average molecular weight is 1000 g/mol. The second kappa shape index (κ2) is 35.8. The maximum Gasteiger partial charge on any atom is 0.203 e. The van der Waals surface area contributed by atoms with Crippen LogP contribution in [0.25, 0.3) is 22.5 Å². The van der Waals surface area contributed by atoms with Gasteiger partial charge in [-0.15, -0.1) is 0 Å². The SMILES string of the molecule is CC(C)CCC[C@H](C)CCOc1ccc(-c2cc(-c3cc(OCC[C@@H](C)CCCC(C)C)c(OCC[C@@H](C)CCCC(C)C)c(OCC[C@@H](C)CCCC(C)C)c3)n[nH]2)cc1OCC[C@@H](C)CCCC(C)C. The lowest BCUT2D eigenvalue weighted by Crippen LogP contribution is -2.10. The van der Waals surface area contributed by atoms with Gasteiger partial charge in [0.1, 0.15) is 0 Å². The highest BCUT2D eigenvalue weighted by Gasteiger charge is 2.21. The van der Waals surface area contributed by atoms with Gasteiger partial charge in [-0.3, -0.25) is 5.10 Å². The van der Waals surface area contributed by atoms with Crippen molar-refractivity contribution >= 4 is 0 Å². The van der Waals surface area contributed by atoms with Gasteiger partial charge in [0.25, 0.3) is 0 Å². The largest absolute Gasteiger partial charge is 0.490 e. The molecule has 1 aromatic heterocycles. The lowest BCUT2D eigenvalue weighted by Gasteiger charge is -2.21. The van der Waals surface area contributed by atoms with Crippen LogP contribution < -0.4 is 23.7 Å². The fourth-order valence-corrected chi connectivity index (χ4v) is 9.54. The summed E-state index contributed by atoms with van der Waals surface area (Å²) in [6.07, 6.45) is 23.8. The van der Waals surface area contributed by atoms with Crippen molar-refractivity contribution in [1.29, 1.82) is 0 Å². The van der Waals surface area contributed by atoms with E-state index >= 15 is 0 Å². The second-order valence-corrected chi connectivity index (χ2v) is 25.0. The molecule has 7 heteroatoms. The van der Waals surface area contributed by atoms with Crippen LogP contribution in [0.15, 0.2) is 36.4 Å². The van der Waals surface area contributed by atoms with Crippen LogP contribution >= 0.6 is 0 Å². The Morgan fingerprint density at radius 2 is 0.653 bits per heavy atom. The number of hydrogen-bond donors (Lipinski definition) is 1. The van der Waals surface area contributed by atoms with Crippen LogP contribution in [0.1, 0.15) is 232 Å². The van der Waals surface area contributed by atoms with Gasteiger partial charge in [-0.1, -0.05) is 200 Å². The molecule has 0 bridgehead atoms. The van der Waals surface area contributed by atoms with Crippen LogP contribution in [0.2, 0.25) is 0 Å². The molecule has 0 unspecified atom stereocenters. The molecule has 72 heavy (non-hydrogen) atoms. The molecule has 0 aliphatic carbocycles.